The molecule has 0 saturated carbocycles. The van der Waals surface area contributed by atoms with Crippen LogP contribution >= 0.6 is 0 Å². The van der Waals surface area contributed by atoms with E-state index >= 15 is 0 Å². The van der Waals surface area contributed by atoms with Gasteiger partial charge in [0, 0.05) is 19.7 Å². The Hall–Kier alpha value is -2.13. The maximum absolute atomic E-state index is 13.6. The number of ether oxygens (including phenoxy) is 3. The van der Waals surface area contributed by atoms with Crippen LogP contribution < -0.4 is 9.47 Å². The van der Waals surface area contributed by atoms with Gasteiger partial charge in [-0.15, -0.1) is 0 Å². The maximum atomic E-state index is 13.6. The smallest absolute Gasteiger partial charge is 0.219 e. The number of aliphatic hydroxyl groups is 1. The van der Waals surface area contributed by atoms with Crippen LogP contribution in [0.2, 0.25) is 0 Å². The first-order valence-electron chi connectivity index (χ1n) is 10.4. The number of sulfonamides is 1. The Kier molecular flexibility index (Phi) is 8.31. The average molecular weight is 450 g/mol. The van der Waals surface area contributed by atoms with Crippen LogP contribution in [0.15, 0.2) is 48.5 Å². The van der Waals surface area contributed by atoms with Crippen molar-refractivity contribution >= 4 is 10.0 Å². The molecule has 8 heteroatoms. The molecule has 1 aliphatic rings. The van der Waals surface area contributed by atoms with Crippen LogP contribution in [0.1, 0.15) is 30.4 Å². The zero-order valence-corrected chi connectivity index (χ0v) is 18.9. The first-order chi connectivity index (χ1) is 15.0. The van der Waals surface area contributed by atoms with E-state index in [4.69, 9.17) is 14.2 Å². The fourth-order valence-corrected chi connectivity index (χ4v) is 5.46. The SMILES string of the molecule is COc1ccc(CN(Cc2ccc(OC)cc2)S(=O)(=O)[C@H](CO)C[C@@H]2CCCO2)cc1. The summed E-state index contributed by atoms with van der Waals surface area (Å²) in [7, 11) is -0.608. The highest BCUT2D eigenvalue weighted by Crippen LogP contribution is 2.25. The van der Waals surface area contributed by atoms with Crippen LogP contribution in [0.5, 0.6) is 11.5 Å². The Morgan fingerprint density at radius 3 is 1.90 bits per heavy atom. The van der Waals surface area contributed by atoms with Gasteiger partial charge in [-0.2, -0.15) is 4.31 Å². The van der Waals surface area contributed by atoms with E-state index < -0.39 is 21.9 Å². The Morgan fingerprint density at radius 1 is 1.00 bits per heavy atom. The number of methoxy groups -OCH3 is 2. The van der Waals surface area contributed by atoms with E-state index in [2.05, 4.69) is 0 Å². The van der Waals surface area contributed by atoms with Crippen molar-refractivity contribution in [2.75, 3.05) is 27.4 Å². The Morgan fingerprint density at radius 2 is 1.52 bits per heavy atom. The molecule has 2 aromatic rings. The van der Waals surface area contributed by atoms with E-state index in [0.29, 0.717) is 24.5 Å². The van der Waals surface area contributed by atoms with Gasteiger partial charge in [0.1, 0.15) is 16.7 Å². The Balaban J connectivity index is 1.85. The molecule has 1 aliphatic heterocycles. The number of nitrogens with zero attached hydrogens (tertiary/aromatic N) is 1. The zero-order valence-electron chi connectivity index (χ0n) is 18.1. The summed E-state index contributed by atoms with van der Waals surface area (Å²) in [6, 6.07) is 14.6. The Bertz CT molecular complexity index is 859. The molecule has 0 aliphatic carbocycles. The van der Waals surface area contributed by atoms with E-state index in [1.165, 1.54) is 4.31 Å². The van der Waals surface area contributed by atoms with Crippen molar-refractivity contribution in [3.05, 3.63) is 59.7 Å². The second-order valence-electron chi connectivity index (χ2n) is 7.68. The van der Waals surface area contributed by atoms with Crippen molar-refractivity contribution in [2.24, 2.45) is 0 Å². The first kappa shape index (κ1) is 23.5. The van der Waals surface area contributed by atoms with Gasteiger partial charge in [-0.3, -0.25) is 0 Å². The Labute approximate surface area is 184 Å². The van der Waals surface area contributed by atoms with Crippen molar-refractivity contribution < 1.29 is 27.7 Å². The summed E-state index contributed by atoms with van der Waals surface area (Å²) in [4.78, 5) is 0. The van der Waals surface area contributed by atoms with Crippen molar-refractivity contribution in [1.29, 1.82) is 0 Å². The van der Waals surface area contributed by atoms with Crippen LogP contribution in [-0.4, -0.2) is 56.6 Å². The highest BCUT2D eigenvalue weighted by molar-refractivity contribution is 7.89. The normalized spacial score (nSPS) is 17.6. The minimum atomic E-state index is -3.79. The van der Waals surface area contributed by atoms with Gasteiger partial charge in [-0.05, 0) is 54.7 Å². The lowest BCUT2D eigenvalue weighted by atomic mass is 10.1. The molecular formula is C23H31NO6S. The van der Waals surface area contributed by atoms with Crippen LogP contribution in [-0.2, 0) is 27.8 Å². The third-order valence-electron chi connectivity index (χ3n) is 5.57. The molecule has 3 rings (SSSR count). The summed E-state index contributed by atoms with van der Waals surface area (Å²) in [6.07, 6.45) is 1.91. The van der Waals surface area contributed by atoms with Crippen molar-refractivity contribution in [2.45, 2.75) is 43.7 Å². The number of aliphatic hydroxyl groups excluding tert-OH is 1. The van der Waals surface area contributed by atoms with Gasteiger partial charge >= 0.3 is 0 Å². The highest BCUT2D eigenvalue weighted by Gasteiger charge is 2.35. The number of hydrogen-bond donors (Lipinski definition) is 1. The fraction of sp³-hybridized carbons (Fsp3) is 0.478. The molecule has 0 radical (unpaired) electrons. The molecule has 31 heavy (non-hydrogen) atoms. The van der Waals surface area contributed by atoms with E-state index in [1.807, 2.05) is 48.5 Å². The second kappa shape index (κ2) is 10.9. The highest BCUT2D eigenvalue weighted by atomic mass is 32.2. The average Bonchev–Trinajstić information content (AvgIpc) is 3.31. The number of hydrogen-bond acceptors (Lipinski definition) is 6. The van der Waals surface area contributed by atoms with Gasteiger partial charge in [0.15, 0.2) is 0 Å². The molecule has 7 nitrogen and oxygen atoms in total. The molecule has 0 aromatic heterocycles. The topological polar surface area (TPSA) is 85.3 Å². The van der Waals surface area contributed by atoms with Crippen LogP contribution in [0, 0.1) is 0 Å². The number of rotatable bonds is 11. The van der Waals surface area contributed by atoms with Crippen LogP contribution in [0.3, 0.4) is 0 Å². The van der Waals surface area contributed by atoms with Gasteiger partial charge < -0.3 is 19.3 Å². The summed E-state index contributed by atoms with van der Waals surface area (Å²) in [5.74, 6) is 1.42. The summed E-state index contributed by atoms with van der Waals surface area (Å²) in [5, 5.41) is 9.04. The molecule has 0 bridgehead atoms. The number of benzene rings is 2. The van der Waals surface area contributed by atoms with E-state index in [9.17, 15) is 13.5 Å². The van der Waals surface area contributed by atoms with E-state index in [1.54, 1.807) is 14.2 Å². The second-order valence-corrected chi connectivity index (χ2v) is 9.90. The quantitative estimate of drug-likeness (QED) is 0.568. The molecule has 2 atom stereocenters. The molecule has 1 heterocycles. The summed E-state index contributed by atoms with van der Waals surface area (Å²) in [5.41, 5.74) is 1.68. The minimum absolute atomic E-state index is 0.129. The van der Waals surface area contributed by atoms with Gasteiger partial charge in [-0.1, -0.05) is 24.3 Å². The monoisotopic (exact) mass is 449 g/mol. The third kappa shape index (κ3) is 6.20. The van der Waals surface area contributed by atoms with Crippen LogP contribution in [0.25, 0.3) is 0 Å². The molecule has 0 spiro atoms. The summed E-state index contributed by atoms with van der Waals surface area (Å²) >= 11 is 0. The van der Waals surface area contributed by atoms with Gasteiger partial charge in [0.25, 0.3) is 0 Å². The molecule has 1 N–H and O–H groups in total. The third-order valence-corrected chi connectivity index (χ3v) is 7.73. The lowest BCUT2D eigenvalue weighted by molar-refractivity contribution is 0.0970. The standard InChI is InChI=1S/C23H31NO6S/c1-28-20-9-5-18(6-10-20)15-24(16-19-7-11-21(29-2)12-8-19)31(26,27)23(17-25)14-22-4-3-13-30-22/h5-12,22-23,25H,3-4,13-17H2,1-2H3/t22-,23-/m0/s1. The van der Waals surface area contributed by atoms with E-state index in [0.717, 1.165) is 24.0 Å². The minimum Gasteiger partial charge on any atom is -0.497 e. The largest absolute Gasteiger partial charge is 0.497 e. The van der Waals surface area contributed by atoms with Gasteiger partial charge in [0.2, 0.25) is 10.0 Å². The predicted molar refractivity (Wildman–Crippen MR) is 119 cm³/mol. The van der Waals surface area contributed by atoms with E-state index in [-0.39, 0.29) is 19.2 Å². The van der Waals surface area contributed by atoms with Crippen molar-refractivity contribution in [1.82, 2.24) is 4.31 Å². The maximum Gasteiger partial charge on any atom is 0.219 e. The first-order valence-corrected chi connectivity index (χ1v) is 11.9. The molecule has 170 valence electrons. The molecule has 0 unspecified atom stereocenters. The predicted octanol–water partition coefficient (Wildman–Crippen LogP) is 2.97. The fourth-order valence-electron chi connectivity index (χ4n) is 3.73. The van der Waals surface area contributed by atoms with Gasteiger partial charge in [0.05, 0.1) is 26.9 Å². The molecule has 1 saturated heterocycles. The van der Waals surface area contributed by atoms with Gasteiger partial charge in [-0.25, -0.2) is 8.42 Å². The lowest BCUT2D eigenvalue weighted by Gasteiger charge is -2.28. The lowest BCUT2D eigenvalue weighted by Crippen LogP contribution is -2.41. The zero-order chi connectivity index (χ0) is 22.3. The molecule has 1 fully saturated rings. The van der Waals surface area contributed by atoms with Crippen LogP contribution in [0.4, 0.5) is 0 Å². The summed E-state index contributed by atoms with van der Waals surface area (Å²) in [6.45, 7) is 0.592. The summed E-state index contributed by atoms with van der Waals surface area (Å²) < 4.78 is 44.6. The molecule has 0 amide bonds. The molecular weight excluding hydrogens is 418 g/mol. The van der Waals surface area contributed by atoms with Crippen molar-refractivity contribution in [3.63, 3.8) is 0 Å². The molecule has 2 aromatic carbocycles. The van der Waals surface area contributed by atoms with Crippen molar-refractivity contribution in [3.8, 4) is 11.5 Å².